The van der Waals surface area contributed by atoms with Crippen molar-refractivity contribution < 1.29 is 27.4 Å². The van der Waals surface area contributed by atoms with E-state index in [9.17, 15) is 13.2 Å². The van der Waals surface area contributed by atoms with E-state index < -0.39 is 15.9 Å². The number of halogens is 1. The Morgan fingerprint density at radius 3 is 2.38 bits per heavy atom. The van der Waals surface area contributed by atoms with Gasteiger partial charge in [-0.25, -0.2) is 8.42 Å². The van der Waals surface area contributed by atoms with Crippen LogP contribution in [-0.2, 0) is 14.8 Å². The van der Waals surface area contributed by atoms with Crippen molar-refractivity contribution in [2.75, 3.05) is 33.9 Å². The van der Waals surface area contributed by atoms with Crippen LogP contribution in [0.25, 0.3) is 0 Å². The third kappa shape index (κ3) is 5.46. The molecule has 2 aromatic carbocycles. The molecule has 10 heteroatoms. The molecule has 0 spiro atoms. The topological polar surface area (TPSA) is 94.2 Å². The minimum Gasteiger partial charge on any atom is -0.493 e. The number of sulfonamides is 1. The summed E-state index contributed by atoms with van der Waals surface area (Å²) in [5.74, 6) is 0.842. The van der Waals surface area contributed by atoms with Gasteiger partial charge < -0.3 is 19.5 Å². The van der Waals surface area contributed by atoms with Crippen molar-refractivity contribution in [3.8, 4) is 17.2 Å². The average Bonchev–Trinajstić information content (AvgIpc) is 3.33. The van der Waals surface area contributed by atoms with Crippen LogP contribution in [-0.4, -0.2) is 52.5 Å². The van der Waals surface area contributed by atoms with Gasteiger partial charge in [-0.15, -0.1) is 0 Å². The van der Waals surface area contributed by atoms with Crippen LogP contribution in [0, 0.1) is 0 Å². The van der Waals surface area contributed by atoms with Gasteiger partial charge in [0.1, 0.15) is 10.6 Å². The van der Waals surface area contributed by atoms with E-state index in [4.69, 9.17) is 25.8 Å². The molecule has 1 amide bonds. The second-order valence-corrected chi connectivity index (χ2v) is 9.74. The lowest BCUT2D eigenvalue weighted by molar-refractivity contribution is -0.123. The Morgan fingerprint density at radius 1 is 1.06 bits per heavy atom. The molecule has 2 aromatic rings. The van der Waals surface area contributed by atoms with E-state index in [1.807, 2.05) is 13.0 Å². The quantitative estimate of drug-likeness (QED) is 0.588. The molecule has 0 aliphatic carbocycles. The van der Waals surface area contributed by atoms with Gasteiger partial charge in [-0.1, -0.05) is 17.7 Å². The van der Waals surface area contributed by atoms with Crippen molar-refractivity contribution in [3.63, 3.8) is 0 Å². The van der Waals surface area contributed by atoms with Crippen molar-refractivity contribution >= 4 is 27.5 Å². The Balaban J connectivity index is 1.69. The number of carbonyl (C=O) groups excluding carboxylic acids is 1. The Morgan fingerprint density at radius 2 is 1.72 bits per heavy atom. The molecule has 1 saturated heterocycles. The minimum absolute atomic E-state index is 0.0346. The predicted molar refractivity (Wildman–Crippen MR) is 121 cm³/mol. The maximum absolute atomic E-state index is 13.0. The molecule has 1 fully saturated rings. The largest absolute Gasteiger partial charge is 0.493 e. The molecule has 0 radical (unpaired) electrons. The summed E-state index contributed by atoms with van der Waals surface area (Å²) >= 11 is 6.04. The molecule has 1 heterocycles. The molecular weight excluding hydrogens is 456 g/mol. The first-order valence-electron chi connectivity index (χ1n) is 10.2. The second-order valence-electron chi connectivity index (χ2n) is 7.39. The minimum atomic E-state index is -3.75. The molecule has 1 aliphatic heterocycles. The van der Waals surface area contributed by atoms with Gasteiger partial charge in [0.05, 0.1) is 20.3 Å². The van der Waals surface area contributed by atoms with Gasteiger partial charge in [-0.05, 0) is 55.7 Å². The Kier molecular flexibility index (Phi) is 7.86. The maximum atomic E-state index is 13.0. The van der Waals surface area contributed by atoms with Crippen LogP contribution in [0.2, 0.25) is 5.02 Å². The molecule has 1 N–H and O–H groups in total. The van der Waals surface area contributed by atoms with Gasteiger partial charge in [0.15, 0.2) is 18.1 Å². The maximum Gasteiger partial charge on any atom is 0.258 e. The first-order valence-corrected chi connectivity index (χ1v) is 12.0. The van der Waals surface area contributed by atoms with E-state index in [1.165, 1.54) is 22.5 Å². The lowest BCUT2D eigenvalue weighted by Gasteiger charge is -2.19. The normalized spacial score (nSPS) is 15.2. The van der Waals surface area contributed by atoms with Crippen molar-refractivity contribution in [1.29, 1.82) is 0 Å². The fraction of sp³-hybridized carbons (Fsp3) is 0.409. The highest BCUT2D eigenvalue weighted by molar-refractivity contribution is 7.89. The zero-order valence-corrected chi connectivity index (χ0v) is 19.8. The molecule has 1 aliphatic rings. The van der Waals surface area contributed by atoms with Crippen LogP contribution in [0.3, 0.4) is 0 Å². The van der Waals surface area contributed by atoms with E-state index in [0.29, 0.717) is 24.6 Å². The molecule has 0 aromatic heterocycles. The summed E-state index contributed by atoms with van der Waals surface area (Å²) in [6.45, 7) is 2.39. The van der Waals surface area contributed by atoms with E-state index in [2.05, 4.69) is 5.32 Å². The van der Waals surface area contributed by atoms with Gasteiger partial charge in [-0.2, -0.15) is 4.31 Å². The second kappa shape index (κ2) is 10.4. The van der Waals surface area contributed by atoms with Gasteiger partial charge in [0, 0.05) is 18.1 Å². The highest BCUT2D eigenvalue weighted by Crippen LogP contribution is 2.32. The van der Waals surface area contributed by atoms with Crippen molar-refractivity contribution in [2.45, 2.75) is 30.7 Å². The summed E-state index contributed by atoms with van der Waals surface area (Å²) in [7, 11) is -0.663. The predicted octanol–water partition coefficient (Wildman–Crippen LogP) is 3.40. The third-order valence-corrected chi connectivity index (χ3v) is 7.39. The number of benzene rings is 2. The fourth-order valence-electron chi connectivity index (χ4n) is 3.50. The number of hydrogen-bond donors (Lipinski definition) is 1. The molecule has 0 bridgehead atoms. The SMILES string of the molecule is COc1ccc([C@H](C)NC(=O)COc2ccc(Cl)cc2S(=O)(=O)N2CCCC2)cc1OC. The van der Waals surface area contributed by atoms with Gasteiger partial charge in [0.2, 0.25) is 10.0 Å². The fourth-order valence-corrected chi connectivity index (χ4v) is 5.41. The van der Waals surface area contributed by atoms with E-state index in [-0.39, 0.29) is 28.3 Å². The zero-order valence-electron chi connectivity index (χ0n) is 18.3. The zero-order chi connectivity index (χ0) is 23.3. The summed E-state index contributed by atoms with van der Waals surface area (Å²) in [6, 6.07) is 9.40. The Bertz CT molecular complexity index is 1070. The third-order valence-electron chi connectivity index (χ3n) is 5.23. The molecule has 0 saturated carbocycles. The lowest BCUT2D eigenvalue weighted by atomic mass is 10.1. The summed E-state index contributed by atoms with van der Waals surface area (Å²) in [6.07, 6.45) is 1.62. The van der Waals surface area contributed by atoms with Gasteiger partial charge >= 0.3 is 0 Å². The van der Waals surface area contributed by atoms with Gasteiger partial charge in [-0.3, -0.25) is 4.79 Å². The summed E-state index contributed by atoms with van der Waals surface area (Å²) in [5.41, 5.74) is 0.819. The van der Waals surface area contributed by atoms with Crippen LogP contribution < -0.4 is 19.5 Å². The molecule has 174 valence electrons. The Labute approximate surface area is 193 Å². The van der Waals surface area contributed by atoms with Crippen LogP contribution in [0.1, 0.15) is 31.4 Å². The molecule has 0 unspecified atom stereocenters. The average molecular weight is 483 g/mol. The number of amides is 1. The van der Waals surface area contributed by atoms with Crippen molar-refractivity contribution in [3.05, 3.63) is 47.0 Å². The summed E-state index contributed by atoms with van der Waals surface area (Å²) in [5, 5.41) is 3.11. The van der Waals surface area contributed by atoms with Crippen LogP contribution >= 0.6 is 11.6 Å². The van der Waals surface area contributed by atoms with E-state index in [1.54, 1.807) is 26.4 Å². The number of ether oxygens (including phenoxy) is 3. The molecule has 3 rings (SSSR count). The molecule has 8 nitrogen and oxygen atoms in total. The number of nitrogens with one attached hydrogen (secondary N) is 1. The van der Waals surface area contributed by atoms with Gasteiger partial charge in [0.25, 0.3) is 5.91 Å². The summed E-state index contributed by atoms with van der Waals surface area (Å²) in [4.78, 5) is 12.4. The van der Waals surface area contributed by atoms with Crippen LogP contribution in [0.4, 0.5) is 0 Å². The first-order chi connectivity index (χ1) is 15.3. The number of rotatable bonds is 9. The highest BCUT2D eigenvalue weighted by atomic mass is 35.5. The number of methoxy groups -OCH3 is 2. The molecule has 32 heavy (non-hydrogen) atoms. The number of carbonyl (C=O) groups is 1. The molecular formula is C22H27ClN2O6S. The van der Waals surface area contributed by atoms with Crippen molar-refractivity contribution in [1.82, 2.24) is 9.62 Å². The number of hydrogen-bond acceptors (Lipinski definition) is 6. The Hall–Kier alpha value is -2.49. The van der Waals surface area contributed by atoms with Crippen molar-refractivity contribution in [2.24, 2.45) is 0 Å². The first kappa shape index (κ1) is 24.2. The molecule has 1 atom stereocenters. The van der Waals surface area contributed by atoms with Crippen LogP contribution in [0.15, 0.2) is 41.3 Å². The highest BCUT2D eigenvalue weighted by Gasteiger charge is 2.30. The summed E-state index contributed by atoms with van der Waals surface area (Å²) < 4.78 is 43.5. The van der Waals surface area contributed by atoms with E-state index in [0.717, 1.165) is 18.4 Å². The smallest absolute Gasteiger partial charge is 0.258 e. The standard InChI is InChI=1S/C22H27ClN2O6S/c1-15(16-6-8-18(29-2)20(12-16)30-3)24-22(26)14-31-19-9-7-17(23)13-21(19)32(27,28)25-10-4-5-11-25/h6-9,12-13,15H,4-5,10-11,14H2,1-3H3,(H,24,26)/t15-/m0/s1. The van der Waals surface area contributed by atoms with Crippen LogP contribution in [0.5, 0.6) is 17.2 Å². The number of nitrogens with zero attached hydrogens (tertiary/aromatic N) is 1. The lowest BCUT2D eigenvalue weighted by Crippen LogP contribution is -2.32. The van der Waals surface area contributed by atoms with E-state index >= 15 is 0 Å². The monoisotopic (exact) mass is 482 g/mol.